The maximum absolute atomic E-state index is 10.8. The topological polar surface area (TPSA) is 78.9 Å². The fourth-order valence-electron chi connectivity index (χ4n) is 1.17. The van der Waals surface area contributed by atoms with Crippen LogP contribution in [0.3, 0.4) is 0 Å². The standard InChI is InChI=1S/C9H6ClN3O2/c10-5-1-2-7(11-3-5)8-6(9(14)15)4-12-13-8/h1-4H,(H,12,13)(H,14,15). The molecule has 0 saturated heterocycles. The van der Waals surface area contributed by atoms with Gasteiger partial charge in [-0.15, -0.1) is 0 Å². The molecular formula is C9H6ClN3O2. The van der Waals surface area contributed by atoms with Crippen LogP contribution >= 0.6 is 11.6 Å². The maximum atomic E-state index is 10.8. The van der Waals surface area contributed by atoms with E-state index in [0.29, 0.717) is 16.4 Å². The molecule has 2 aromatic rings. The van der Waals surface area contributed by atoms with Crippen molar-refractivity contribution in [2.45, 2.75) is 0 Å². The fraction of sp³-hybridized carbons (Fsp3) is 0. The molecule has 2 rings (SSSR count). The Bertz CT molecular complexity index is 492. The number of hydrogen-bond donors (Lipinski definition) is 2. The Kier molecular flexibility index (Phi) is 2.39. The fourth-order valence-corrected chi connectivity index (χ4v) is 1.28. The third kappa shape index (κ3) is 1.82. The van der Waals surface area contributed by atoms with Gasteiger partial charge in [-0.25, -0.2) is 4.79 Å². The summed E-state index contributed by atoms with van der Waals surface area (Å²) in [6, 6.07) is 3.26. The van der Waals surface area contributed by atoms with Crippen LogP contribution in [0, 0.1) is 0 Å². The van der Waals surface area contributed by atoms with Crippen LogP contribution in [0.25, 0.3) is 11.4 Å². The lowest BCUT2D eigenvalue weighted by molar-refractivity contribution is 0.0698. The smallest absolute Gasteiger partial charge is 0.339 e. The van der Waals surface area contributed by atoms with Crippen molar-refractivity contribution in [3.8, 4) is 11.4 Å². The van der Waals surface area contributed by atoms with Gasteiger partial charge in [0.25, 0.3) is 0 Å². The zero-order valence-electron chi connectivity index (χ0n) is 7.44. The number of nitrogens with zero attached hydrogens (tertiary/aromatic N) is 2. The molecule has 0 radical (unpaired) electrons. The van der Waals surface area contributed by atoms with Crippen LogP contribution in [0.1, 0.15) is 10.4 Å². The van der Waals surface area contributed by atoms with Crippen LogP contribution in [0.5, 0.6) is 0 Å². The third-order valence-electron chi connectivity index (χ3n) is 1.85. The SMILES string of the molecule is O=C(O)c1cn[nH]c1-c1ccc(Cl)cn1. The molecule has 2 N–H and O–H groups in total. The number of nitrogens with one attached hydrogen (secondary N) is 1. The van der Waals surface area contributed by atoms with Gasteiger partial charge in [0.15, 0.2) is 0 Å². The second kappa shape index (κ2) is 3.70. The highest BCUT2D eigenvalue weighted by Crippen LogP contribution is 2.19. The minimum atomic E-state index is -1.05. The monoisotopic (exact) mass is 223 g/mol. The van der Waals surface area contributed by atoms with Gasteiger partial charge in [-0.1, -0.05) is 11.6 Å². The summed E-state index contributed by atoms with van der Waals surface area (Å²) in [5.41, 5.74) is 0.957. The van der Waals surface area contributed by atoms with Crippen molar-refractivity contribution in [1.82, 2.24) is 15.2 Å². The average Bonchev–Trinajstić information content (AvgIpc) is 2.67. The van der Waals surface area contributed by atoms with Gasteiger partial charge in [-0.3, -0.25) is 10.1 Å². The molecule has 0 fully saturated rings. The lowest BCUT2D eigenvalue weighted by Gasteiger charge is -1.98. The van der Waals surface area contributed by atoms with Gasteiger partial charge in [0.2, 0.25) is 0 Å². The Balaban J connectivity index is 2.49. The molecule has 0 aromatic carbocycles. The number of carbonyl (C=O) groups is 1. The first-order valence-electron chi connectivity index (χ1n) is 4.07. The van der Waals surface area contributed by atoms with Crippen molar-refractivity contribution >= 4 is 17.6 Å². The lowest BCUT2D eigenvalue weighted by Crippen LogP contribution is -1.97. The first-order valence-corrected chi connectivity index (χ1v) is 4.45. The van der Waals surface area contributed by atoms with Crippen LogP contribution in [0.4, 0.5) is 0 Å². The summed E-state index contributed by atoms with van der Waals surface area (Å²) in [5, 5.41) is 15.6. The molecule has 0 saturated carbocycles. The van der Waals surface area contributed by atoms with E-state index < -0.39 is 5.97 Å². The molecule has 0 spiro atoms. The quantitative estimate of drug-likeness (QED) is 0.814. The van der Waals surface area contributed by atoms with Crippen molar-refractivity contribution in [1.29, 1.82) is 0 Å². The zero-order chi connectivity index (χ0) is 10.8. The molecule has 0 bridgehead atoms. The molecule has 0 unspecified atom stereocenters. The summed E-state index contributed by atoms with van der Waals surface area (Å²) in [5.74, 6) is -1.05. The highest BCUT2D eigenvalue weighted by molar-refractivity contribution is 6.30. The highest BCUT2D eigenvalue weighted by atomic mass is 35.5. The number of aromatic nitrogens is 3. The molecule has 5 nitrogen and oxygen atoms in total. The molecule has 2 aromatic heterocycles. The highest BCUT2D eigenvalue weighted by Gasteiger charge is 2.14. The minimum absolute atomic E-state index is 0.0878. The number of aromatic amines is 1. The largest absolute Gasteiger partial charge is 0.478 e. The number of pyridine rings is 1. The van der Waals surface area contributed by atoms with Crippen molar-refractivity contribution in [2.24, 2.45) is 0 Å². The van der Waals surface area contributed by atoms with Gasteiger partial charge in [-0.05, 0) is 12.1 Å². The number of hydrogen-bond acceptors (Lipinski definition) is 3. The zero-order valence-corrected chi connectivity index (χ0v) is 8.19. The summed E-state index contributed by atoms with van der Waals surface area (Å²) in [6.45, 7) is 0. The number of rotatable bonds is 2. The van der Waals surface area contributed by atoms with Crippen molar-refractivity contribution < 1.29 is 9.90 Å². The lowest BCUT2D eigenvalue weighted by atomic mass is 10.2. The number of aromatic carboxylic acids is 1. The van der Waals surface area contributed by atoms with Gasteiger partial charge < -0.3 is 5.11 Å². The van der Waals surface area contributed by atoms with Crippen molar-refractivity contribution in [3.05, 3.63) is 35.1 Å². The first kappa shape index (κ1) is 9.67. The Morgan fingerprint density at radius 2 is 2.20 bits per heavy atom. The van der Waals surface area contributed by atoms with Crippen LogP contribution in [0.2, 0.25) is 5.02 Å². The van der Waals surface area contributed by atoms with Crippen LogP contribution in [-0.2, 0) is 0 Å². The van der Waals surface area contributed by atoms with E-state index in [9.17, 15) is 4.79 Å². The molecule has 2 heterocycles. The molecular weight excluding hydrogens is 218 g/mol. The summed E-state index contributed by atoms with van der Waals surface area (Å²) >= 11 is 5.67. The van der Waals surface area contributed by atoms with Crippen molar-refractivity contribution in [2.75, 3.05) is 0 Å². The van der Waals surface area contributed by atoms with Crippen LogP contribution in [0.15, 0.2) is 24.5 Å². The summed E-state index contributed by atoms with van der Waals surface area (Å²) in [7, 11) is 0. The third-order valence-corrected chi connectivity index (χ3v) is 2.08. The van der Waals surface area contributed by atoms with Gasteiger partial charge in [0.05, 0.1) is 22.6 Å². The molecule has 0 amide bonds. The number of halogens is 1. The normalized spacial score (nSPS) is 10.2. The van der Waals surface area contributed by atoms with E-state index in [1.807, 2.05) is 0 Å². The Hall–Kier alpha value is -1.88. The Morgan fingerprint density at radius 1 is 1.40 bits per heavy atom. The van der Waals surface area contributed by atoms with Gasteiger partial charge in [0.1, 0.15) is 5.56 Å². The second-order valence-corrected chi connectivity index (χ2v) is 3.26. The van der Waals surface area contributed by atoms with Crippen LogP contribution < -0.4 is 0 Å². The summed E-state index contributed by atoms with van der Waals surface area (Å²) in [6.07, 6.45) is 2.69. The van der Waals surface area contributed by atoms with Gasteiger partial charge >= 0.3 is 5.97 Å². The minimum Gasteiger partial charge on any atom is -0.478 e. The van der Waals surface area contributed by atoms with Crippen LogP contribution in [-0.4, -0.2) is 26.3 Å². The van der Waals surface area contributed by atoms with E-state index in [1.54, 1.807) is 12.1 Å². The van der Waals surface area contributed by atoms with Crippen molar-refractivity contribution in [3.63, 3.8) is 0 Å². The van der Waals surface area contributed by atoms with Gasteiger partial charge in [0, 0.05) is 6.20 Å². The van der Waals surface area contributed by atoms with E-state index in [1.165, 1.54) is 12.4 Å². The predicted molar refractivity (Wildman–Crippen MR) is 53.8 cm³/mol. The molecule has 0 aliphatic rings. The molecule has 0 aliphatic heterocycles. The maximum Gasteiger partial charge on any atom is 0.339 e. The second-order valence-electron chi connectivity index (χ2n) is 2.83. The van der Waals surface area contributed by atoms with Gasteiger partial charge in [-0.2, -0.15) is 5.10 Å². The predicted octanol–water partition coefficient (Wildman–Crippen LogP) is 1.82. The molecule has 76 valence electrons. The summed E-state index contributed by atoms with van der Waals surface area (Å²) < 4.78 is 0. The summed E-state index contributed by atoms with van der Waals surface area (Å²) in [4.78, 5) is 14.8. The van der Waals surface area contributed by atoms with E-state index in [0.717, 1.165) is 0 Å². The molecule has 15 heavy (non-hydrogen) atoms. The molecule has 6 heteroatoms. The Labute approximate surface area is 89.7 Å². The van der Waals surface area contributed by atoms with E-state index in [2.05, 4.69) is 15.2 Å². The van der Waals surface area contributed by atoms with E-state index >= 15 is 0 Å². The van der Waals surface area contributed by atoms with E-state index in [-0.39, 0.29) is 5.56 Å². The Morgan fingerprint density at radius 3 is 2.80 bits per heavy atom. The first-order chi connectivity index (χ1) is 7.18. The van der Waals surface area contributed by atoms with E-state index in [4.69, 9.17) is 16.7 Å². The molecule has 0 atom stereocenters. The molecule has 0 aliphatic carbocycles. The number of H-pyrrole nitrogens is 1. The average molecular weight is 224 g/mol. The number of carboxylic acids is 1. The number of carboxylic acid groups (broad SMARTS) is 1.